The Kier molecular flexibility index (Phi) is 3.61. The van der Waals surface area contributed by atoms with E-state index in [0.29, 0.717) is 18.7 Å². The Bertz CT molecular complexity index is 620. The number of fused-ring (bicyclic) bond motifs is 1. The third kappa shape index (κ3) is 2.62. The van der Waals surface area contributed by atoms with Crippen molar-refractivity contribution < 1.29 is 9.59 Å². The first-order chi connectivity index (χ1) is 10.2. The first-order valence-electron chi connectivity index (χ1n) is 7.26. The van der Waals surface area contributed by atoms with Crippen LogP contribution in [0.5, 0.6) is 0 Å². The van der Waals surface area contributed by atoms with Crippen molar-refractivity contribution in [2.45, 2.75) is 31.8 Å². The minimum Gasteiger partial charge on any atom is -0.329 e. The number of rotatable bonds is 2. The van der Waals surface area contributed by atoms with Gasteiger partial charge in [0, 0.05) is 13.1 Å². The molecular weight excluding hydrogens is 266 g/mol. The summed E-state index contributed by atoms with van der Waals surface area (Å²) in [6.07, 6.45) is 2.75. The van der Waals surface area contributed by atoms with Crippen LogP contribution in [0.2, 0.25) is 0 Å². The van der Waals surface area contributed by atoms with Crippen molar-refractivity contribution >= 4 is 11.8 Å². The summed E-state index contributed by atoms with van der Waals surface area (Å²) >= 11 is 0. The first kappa shape index (κ1) is 13.6. The van der Waals surface area contributed by atoms with Crippen LogP contribution >= 0.6 is 0 Å². The lowest BCUT2D eigenvalue weighted by molar-refractivity contribution is -0.158. The molecule has 1 aromatic carbocycles. The van der Waals surface area contributed by atoms with Gasteiger partial charge in [0.25, 0.3) is 0 Å². The molecule has 108 valence electrons. The molecule has 0 N–H and O–H groups in total. The molecule has 2 fully saturated rings. The standard InChI is InChI=1S/C16H17N3O2/c17-9-12-4-3-5-13(8-12)10-18-11-15(20)19-7-2-1-6-14(19)16(18)21/h3-5,8,14H,1-2,6-7,10-11H2. The Morgan fingerprint density at radius 1 is 1.29 bits per heavy atom. The van der Waals surface area contributed by atoms with Gasteiger partial charge in [0.05, 0.1) is 11.6 Å². The molecule has 5 heteroatoms. The van der Waals surface area contributed by atoms with E-state index >= 15 is 0 Å². The molecule has 0 bridgehead atoms. The maximum absolute atomic E-state index is 12.5. The number of piperazine rings is 1. The predicted octanol–water partition coefficient (Wildman–Crippen LogP) is 1.28. The molecule has 1 aromatic rings. The Labute approximate surface area is 123 Å². The van der Waals surface area contributed by atoms with Crippen molar-refractivity contribution in [1.29, 1.82) is 5.26 Å². The zero-order valence-corrected chi connectivity index (χ0v) is 11.8. The first-order valence-corrected chi connectivity index (χ1v) is 7.26. The van der Waals surface area contributed by atoms with Gasteiger partial charge in [-0.25, -0.2) is 0 Å². The average molecular weight is 283 g/mol. The van der Waals surface area contributed by atoms with Gasteiger partial charge in [-0.3, -0.25) is 9.59 Å². The van der Waals surface area contributed by atoms with E-state index in [-0.39, 0.29) is 24.4 Å². The minimum atomic E-state index is -0.279. The molecule has 1 unspecified atom stereocenters. The quantitative estimate of drug-likeness (QED) is 0.821. The molecule has 0 spiro atoms. The SMILES string of the molecule is N#Cc1cccc(CN2CC(=O)N3CCCCC3C2=O)c1. The van der Waals surface area contributed by atoms with E-state index in [0.717, 1.165) is 24.8 Å². The van der Waals surface area contributed by atoms with E-state index in [1.807, 2.05) is 6.07 Å². The summed E-state index contributed by atoms with van der Waals surface area (Å²) in [6.45, 7) is 1.24. The topological polar surface area (TPSA) is 64.4 Å². The number of hydrogen-bond donors (Lipinski definition) is 0. The molecule has 0 radical (unpaired) electrons. The molecule has 2 amide bonds. The number of carbonyl (C=O) groups is 2. The third-order valence-electron chi connectivity index (χ3n) is 4.18. The Balaban J connectivity index is 1.78. The Morgan fingerprint density at radius 2 is 2.14 bits per heavy atom. The summed E-state index contributed by atoms with van der Waals surface area (Å²) in [4.78, 5) is 28.1. The van der Waals surface area contributed by atoms with Crippen molar-refractivity contribution in [3.63, 3.8) is 0 Å². The maximum atomic E-state index is 12.5. The Hall–Kier alpha value is -2.35. The van der Waals surface area contributed by atoms with Crippen molar-refractivity contribution in [3.05, 3.63) is 35.4 Å². The van der Waals surface area contributed by atoms with Gasteiger partial charge in [0.2, 0.25) is 11.8 Å². The highest BCUT2D eigenvalue weighted by Gasteiger charge is 2.40. The number of nitriles is 1. The molecule has 5 nitrogen and oxygen atoms in total. The van der Waals surface area contributed by atoms with Crippen LogP contribution in [0.4, 0.5) is 0 Å². The van der Waals surface area contributed by atoms with E-state index in [1.54, 1.807) is 28.0 Å². The van der Waals surface area contributed by atoms with E-state index in [1.165, 1.54) is 0 Å². The van der Waals surface area contributed by atoms with E-state index in [9.17, 15) is 9.59 Å². The monoisotopic (exact) mass is 283 g/mol. The normalized spacial score (nSPS) is 22.0. The summed E-state index contributed by atoms with van der Waals surface area (Å²) in [7, 11) is 0. The summed E-state index contributed by atoms with van der Waals surface area (Å²) in [5.41, 5.74) is 1.46. The highest BCUT2D eigenvalue weighted by Crippen LogP contribution is 2.24. The van der Waals surface area contributed by atoms with Crippen LogP contribution < -0.4 is 0 Å². The molecule has 1 atom stereocenters. The lowest BCUT2D eigenvalue weighted by Gasteiger charge is -2.42. The summed E-state index contributed by atoms with van der Waals surface area (Å²) < 4.78 is 0. The van der Waals surface area contributed by atoms with Crippen LogP contribution in [0, 0.1) is 11.3 Å². The number of carbonyl (C=O) groups excluding carboxylic acids is 2. The average Bonchev–Trinajstić information content (AvgIpc) is 2.52. The van der Waals surface area contributed by atoms with Crippen LogP contribution in [-0.4, -0.2) is 40.7 Å². The van der Waals surface area contributed by atoms with Crippen LogP contribution in [0.15, 0.2) is 24.3 Å². The number of nitrogens with zero attached hydrogens (tertiary/aromatic N) is 3. The zero-order chi connectivity index (χ0) is 14.8. The zero-order valence-electron chi connectivity index (χ0n) is 11.8. The molecule has 0 aliphatic carbocycles. The fourth-order valence-corrected chi connectivity index (χ4v) is 3.12. The second-order valence-electron chi connectivity index (χ2n) is 5.61. The molecule has 3 rings (SSSR count). The smallest absolute Gasteiger partial charge is 0.246 e. The molecule has 21 heavy (non-hydrogen) atoms. The van der Waals surface area contributed by atoms with Crippen LogP contribution in [0.1, 0.15) is 30.4 Å². The van der Waals surface area contributed by atoms with Gasteiger partial charge < -0.3 is 9.80 Å². The highest BCUT2D eigenvalue weighted by atomic mass is 16.2. The van der Waals surface area contributed by atoms with Gasteiger partial charge in [-0.2, -0.15) is 5.26 Å². The maximum Gasteiger partial charge on any atom is 0.246 e. The van der Waals surface area contributed by atoms with Gasteiger partial charge in [-0.05, 0) is 37.0 Å². The van der Waals surface area contributed by atoms with E-state index < -0.39 is 0 Å². The summed E-state index contributed by atoms with van der Waals surface area (Å²) in [6, 6.07) is 9.00. The minimum absolute atomic E-state index is 0.0377. The summed E-state index contributed by atoms with van der Waals surface area (Å²) in [5, 5.41) is 8.92. The lowest BCUT2D eigenvalue weighted by Crippen LogP contribution is -2.60. The van der Waals surface area contributed by atoms with Crippen LogP contribution in [-0.2, 0) is 16.1 Å². The second kappa shape index (κ2) is 5.57. The summed E-state index contributed by atoms with van der Waals surface area (Å²) in [5.74, 6) is 0.0763. The van der Waals surface area contributed by atoms with Crippen molar-refractivity contribution in [1.82, 2.24) is 9.80 Å². The van der Waals surface area contributed by atoms with Crippen LogP contribution in [0.3, 0.4) is 0 Å². The molecule has 2 heterocycles. The number of piperidine rings is 1. The molecule has 2 aliphatic rings. The molecule has 2 aliphatic heterocycles. The molecular formula is C16H17N3O2. The fourth-order valence-electron chi connectivity index (χ4n) is 3.12. The number of amides is 2. The van der Waals surface area contributed by atoms with E-state index in [2.05, 4.69) is 6.07 Å². The van der Waals surface area contributed by atoms with Crippen molar-refractivity contribution in [3.8, 4) is 6.07 Å². The van der Waals surface area contributed by atoms with Crippen molar-refractivity contribution in [2.75, 3.05) is 13.1 Å². The molecule has 2 saturated heterocycles. The largest absolute Gasteiger partial charge is 0.329 e. The van der Waals surface area contributed by atoms with Crippen LogP contribution in [0.25, 0.3) is 0 Å². The van der Waals surface area contributed by atoms with Gasteiger partial charge in [-0.15, -0.1) is 0 Å². The molecule has 0 saturated carbocycles. The molecule has 0 aromatic heterocycles. The number of hydrogen-bond acceptors (Lipinski definition) is 3. The van der Waals surface area contributed by atoms with Gasteiger partial charge >= 0.3 is 0 Å². The van der Waals surface area contributed by atoms with Gasteiger partial charge in [-0.1, -0.05) is 12.1 Å². The highest BCUT2D eigenvalue weighted by molar-refractivity contribution is 5.95. The van der Waals surface area contributed by atoms with E-state index in [4.69, 9.17) is 5.26 Å². The van der Waals surface area contributed by atoms with Gasteiger partial charge in [0.15, 0.2) is 0 Å². The third-order valence-corrected chi connectivity index (χ3v) is 4.18. The number of benzene rings is 1. The van der Waals surface area contributed by atoms with Crippen molar-refractivity contribution in [2.24, 2.45) is 0 Å². The predicted molar refractivity (Wildman–Crippen MR) is 75.9 cm³/mol. The second-order valence-corrected chi connectivity index (χ2v) is 5.61. The Morgan fingerprint density at radius 3 is 2.95 bits per heavy atom. The fraction of sp³-hybridized carbons (Fsp3) is 0.438. The lowest BCUT2D eigenvalue weighted by atomic mass is 9.98. The van der Waals surface area contributed by atoms with Gasteiger partial charge in [0.1, 0.15) is 12.6 Å².